The van der Waals surface area contributed by atoms with Crippen LogP contribution in [-0.4, -0.2) is 75.1 Å². The minimum absolute atomic E-state index is 0.101. The third-order valence-corrected chi connectivity index (χ3v) is 4.89. The summed E-state index contributed by atoms with van der Waals surface area (Å²) in [5.74, 6) is -7.92. The predicted molar refractivity (Wildman–Crippen MR) is 121 cm³/mol. The molecule has 0 saturated carbocycles. The van der Waals surface area contributed by atoms with E-state index in [1.54, 1.807) is 30.3 Å². The Morgan fingerprint density at radius 3 is 1.66 bits per heavy atom. The molecule has 4 unspecified atom stereocenters. The highest BCUT2D eigenvalue weighted by atomic mass is 16.4. The van der Waals surface area contributed by atoms with E-state index in [1.165, 1.54) is 13.8 Å². The quantitative estimate of drug-likeness (QED) is 0.162. The zero-order valence-corrected chi connectivity index (χ0v) is 19.3. The molecule has 13 nitrogen and oxygen atoms in total. The van der Waals surface area contributed by atoms with Gasteiger partial charge in [0.25, 0.3) is 0 Å². The lowest BCUT2D eigenvalue weighted by atomic mass is 10.0. The predicted octanol–water partition coefficient (Wildman–Crippen LogP) is -1.30. The number of benzene rings is 1. The maximum Gasteiger partial charge on any atom is 0.326 e. The molecule has 0 spiro atoms. The Balaban J connectivity index is 2.98. The summed E-state index contributed by atoms with van der Waals surface area (Å²) in [5.41, 5.74) is 6.59. The van der Waals surface area contributed by atoms with Crippen molar-refractivity contribution in [2.45, 2.75) is 57.3 Å². The number of carbonyl (C=O) groups is 6. The van der Waals surface area contributed by atoms with E-state index in [1.807, 2.05) is 0 Å². The maximum absolute atomic E-state index is 12.7. The lowest BCUT2D eigenvalue weighted by molar-refractivity contribution is -0.145. The first kappa shape index (κ1) is 29.0. The highest BCUT2D eigenvalue weighted by molar-refractivity contribution is 5.96. The van der Waals surface area contributed by atoms with Crippen LogP contribution in [0.2, 0.25) is 0 Å². The summed E-state index contributed by atoms with van der Waals surface area (Å²) in [6.07, 6.45) is -1.69. The third kappa shape index (κ3) is 10.2. The van der Waals surface area contributed by atoms with Crippen LogP contribution >= 0.6 is 0 Å². The van der Waals surface area contributed by atoms with Crippen molar-refractivity contribution in [1.29, 1.82) is 0 Å². The topological polar surface area (TPSA) is 225 Å². The molecule has 13 heteroatoms. The lowest BCUT2D eigenvalue weighted by Gasteiger charge is -2.25. The Kier molecular flexibility index (Phi) is 11.3. The number of hydrogen-bond acceptors (Lipinski definition) is 7. The highest BCUT2D eigenvalue weighted by Crippen LogP contribution is 2.06. The second kappa shape index (κ2) is 13.6. The molecule has 1 aromatic rings. The van der Waals surface area contributed by atoms with Gasteiger partial charge in [-0.3, -0.25) is 24.0 Å². The Bertz CT molecular complexity index is 936. The van der Waals surface area contributed by atoms with Gasteiger partial charge in [0.05, 0.1) is 18.9 Å². The Labute approximate surface area is 201 Å². The van der Waals surface area contributed by atoms with Crippen molar-refractivity contribution in [1.82, 2.24) is 16.0 Å². The first-order valence-electron chi connectivity index (χ1n) is 10.7. The summed E-state index contributed by atoms with van der Waals surface area (Å²) >= 11 is 0. The molecule has 1 aromatic carbocycles. The first-order chi connectivity index (χ1) is 16.3. The Morgan fingerprint density at radius 1 is 0.771 bits per heavy atom. The molecule has 0 bridgehead atoms. The minimum Gasteiger partial charge on any atom is -0.481 e. The lowest BCUT2D eigenvalue weighted by Crippen LogP contribution is -2.58. The maximum atomic E-state index is 12.7. The van der Waals surface area contributed by atoms with E-state index in [2.05, 4.69) is 16.0 Å². The van der Waals surface area contributed by atoms with Crippen molar-refractivity contribution < 1.29 is 44.1 Å². The van der Waals surface area contributed by atoms with Crippen LogP contribution in [0.15, 0.2) is 30.3 Å². The van der Waals surface area contributed by atoms with Crippen molar-refractivity contribution in [3.05, 3.63) is 35.9 Å². The van der Waals surface area contributed by atoms with E-state index >= 15 is 0 Å². The largest absolute Gasteiger partial charge is 0.481 e. The third-order valence-electron chi connectivity index (χ3n) is 4.89. The molecule has 4 atom stereocenters. The van der Waals surface area contributed by atoms with Crippen molar-refractivity contribution >= 4 is 35.6 Å². The monoisotopic (exact) mass is 494 g/mol. The summed E-state index contributed by atoms with van der Waals surface area (Å²) < 4.78 is 0. The van der Waals surface area contributed by atoms with Gasteiger partial charge < -0.3 is 37.0 Å². The van der Waals surface area contributed by atoms with Gasteiger partial charge in [-0.1, -0.05) is 44.2 Å². The molecule has 0 fully saturated rings. The molecule has 0 radical (unpaired) electrons. The van der Waals surface area contributed by atoms with E-state index in [0.717, 1.165) is 5.56 Å². The van der Waals surface area contributed by atoms with Crippen LogP contribution in [0.5, 0.6) is 0 Å². The molecule has 0 saturated heterocycles. The number of carboxylic acid groups (broad SMARTS) is 3. The van der Waals surface area contributed by atoms with Crippen LogP contribution in [0.1, 0.15) is 32.3 Å². The molecule has 0 aliphatic rings. The molecule has 0 aliphatic carbocycles. The SMILES string of the molecule is CC(C)C(NC(=O)C(CC(=O)O)NC(=O)C(CC(=O)O)NC(=O)C(N)Cc1ccccc1)C(=O)O. The fourth-order valence-corrected chi connectivity index (χ4v) is 3.05. The van der Waals surface area contributed by atoms with Crippen LogP contribution in [0.25, 0.3) is 0 Å². The van der Waals surface area contributed by atoms with Gasteiger partial charge in [-0.05, 0) is 17.9 Å². The Morgan fingerprint density at radius 2 is 1.23 bits per heavy atom. The first-order valence-corrected chi connectivity index (χ1v) is 10.7. The number of nitrogens with two attached hydrogens (primary N) is 1. The fraction of sp³-hybridized carbons (Fsp3) is 0.455. The summed E-state index contributed by atoms with van der Waals surface area (Å²) in [4.78, 5) is 71.6. The molecular formula is C22H30N4O9. The van der Waals surface area contributed by atoms with Crippen LogP contribution in [0, 0.1) is 5.92 Å². The van der Waals surface area contributed by atoms with Gasteiger partial charge in [0, 0.05) is 0 Å². The standard InChI is InChI=1S/C22H30N4O9/c1-11(2)18(22(34)35)26-21(33)15(10-17(29)30)25-20(32)14(9-16(27)28)24-19(31)13(23)8-12-6-4-3-5-7-12/h3-7,11,13-15,18H,8-10,23H2,1-2H3,(H,24,31)(H,25,32)(H,26,33)(H,27,28)(H,29,30)(H,34,35). The fourth-order valence-electron chi connectivity index (χ4n) is 3.05. The summed E-state index contributed by atoms with van der Waals surface area (Å²) in [5, 5.41) is 34.0. The van der Waals surface area contributed by atoms with Crippen molar-refractivity contribution in [2.24, 2.45) is 11.7 Å². The molecule has 0 heterocycles. The Hall–Kier alpha value is -4.00. The number of carbonyl (C=O) groups excluding carboxylic acids is 3. The van der Waals surface area contributed by atoms with Gasteiger partial charge in [-0.15, -0.1) is 0 Å². The summed E-state index contributed by atoms with van der Waals surface area (Å²) in [7, 11) is 0. The normalized spacial score (nSPS) is 14.2. The van der Waals surface area contributed by atoms with Gasteiger partial charge in [0.2, 0.25) is 17.7 Å². The number of amides is 3. The van der Waals surface area contributed by atoms with Gasteiger partial charge in [0.1, 0.15) is 18.1 Å². The number of carboxylic acids is 3. The van der Waals surface area contributed by atoms with Gasteiger partial charge >= 0.3 is 17.9 Å². The van der Waals surface area contributed by atoms with Gasteiger partial charge in [-0.25, -0.2) is 4.79 Å². The number of rotatable bonds is 14. The van der Waals surface area contributed by atoms with Crippen molar-refractivity contribution in [3.63, 3.8) is 0 Å². The molecular weight excluding hydrogens is 464 g/mol. The average molecular weight is 495 g/mol. The highest BCUT2D eigenvalue weighted by Gasteiger charge is 2.33. The molecule has 0 aromatic heterocycles. The van der Waals surface area contributed by atoms with E-state index in [-0.39, 0.29) is 6.42 Å². The second-order valence-electron chi connectivity index (χ2n) is 8.18. The average Bonchev–Trinajstić information content (AvgIpc) is 2.75. The zero-order valence-electron chi connectivity index (χ0n) is 19.3. The van der Waals surface area contributed by atoms with Crippen LogP contribution in [-0.2, 0) is 35.2 Å². The zero-order chi connectivity index (χ0) is 26.7. The summed E-state index contributed by atoms with van der Waals surface area (Å²) in [6.45, 7) is 3.03. The molecule has 8 N–H and O–H groups in total. The van der Waals surface area contributed by atoms with E-state index in [9.17, 15) is 33.9 Å². The van der Waals surface area contributed by atoms with E-state index in [4.69, 9.17) is 15.9 Å². The summed E-state index contributed by atoms with van der Waals surface area (Å²) in [6, 6.07) is 2.81. The minimum atomic E-state index is -1.73. The number of aliphatic carboxylic acids is 3. The van der Waals surface area contributed by atoms with Crippen LogP contribution < -0.4 is 21.7 Å². The molecule has 3 amide bonds. The van der Waals surface area contributed by atoms with Gasteiger partial charge in [0.15, 0.2) is 0 Å². The molecule has 192 valence electrons. The van der Waals surface area contributed by atoms with Crippen LogP contribution in [0.3, 0.4) is 0 Å². The van der Waals surface area contributed by atoms with Crippen molar-refractivity contribution in [3.8, 4) is 0 Å². The van der Waals surface area contributed by atoms with Crippen LogP contribution in [0.4, 0.5) is 0 Å². The van der Waals surface area contributed by atoms with E-state index < -0.39 is 78.6 Å². The smallest absolute Gasteiger partial charge is 0.326 e. The second-order valence-corrected chi connectivity index (χ2v) is 8.18. The number of nitrogens with one attached hydrogen (secondary N) is 3. The molecule has 1 rings (SSSR count). The van der Waals surface area contributed by atoms with E-state index in [0.29, 0.717) is 0 Å². The number of hydrogen-bond donors (Lipinski definition) is 7. The molecule has 35 heavy (non-hydrogen) atoms. The van der Waals surface area contributed by atoms with Crippen molar-refractivity contribution in [2.75, 3.05) is 0 Å². The molecule has 0 aliphatic heterocycles. The van der Waals surface area contributed by atoms with Gasteiger partial charge in [-0.2, -0.15) is 0 Å².